The van der Waals surface area contributed by atoms with E-state index in [1.54, 1.807) is 6.26 Å². The second kappa shape index (κ2) is 3.24. The summed E-state index contributed by atoms with van der Waals surface area (Å²) in [5.74, 6) is 1.31. The normalized spacial score (nSPS) is 20.5. The Morgan fingerprint density at radius 3 is 2.80 bits per heavy atom. The van der Waals surface area contributed by atoms with Gasteiger partial charge in [0.2, 0.25) is 0 Å². The number of hydrogen-bond donors (Lipinski definition) is 1. The lowest BCUT2D eigenvalue weighted by Gasteiger charge is -2.33. The van der Waals surface area contributed by atoms with E-state index in [1.807, 2.05) is 12.1 Å². The van der Waals surface area contributed by atoms with Gasteiger partial charge in [-0.1, -0.05) is 24.3 Å². The van der Waals surface area contributed by atoms with Crippen LogP contribution in [0.1, 0.15) is 28.8 Å². The Morgan fingerprint density at radius 1 is 1.20 bits per heavy atom. The molecule has 0 saturated carbocycles. The Bertz CT molecular complexity index is 461. The first-order valence-corrected chi connectivity index (χ1v) is 5.23. The summed E-state index contributed by atoms with van der Waals surface area (Å²) in [6, 6.07) is 12.3. The van der Waals surface area contributed by atoms with Crippen molar-refractivity contribution in [2.75, 3.05) is 0 Å². The molecule has 2 atom stereocenters. The van der Waals surface area contributed by atoms with Crippen LogP contribution < -0.4 is 5.73 Å². The van der Waals surface area contributed by atoms with Crippen molar-refractivity contribution in [2.24, 2.45) is 5.73 Å². The maximum atomic E-state index is 6.17. The average Bonchev–Trinajstić information content (AvgIpc) is 2.72. The molecular weight excluding hydrogens is 186 g/mol. The van der Waals surface area contributed by atoms with Gasteiger partial charge >= 0.3 is 0 Å². The first-order chi connectivity index (χ1) is 7.36. The fourth-order valence-corrected chi connectivity index (χ4v) is 2.30. The summed E-state index contributed by atoms with van der Waals surface area (Å²) < 4.78 is 5.34. The third-order valence-electron chi connectivity index (χ3n) is 3.20. The average molecular weight is 199 g/mol. The standard InChI is InChI=1S/C13H13NO/c14-13(12-6-3-7-15-12)11-8-9-4-1-2-5-10(9)11/h1-7,11,13H,8,14H2. The van der Waals surface area contributed by atoms with E-state index in [9.17, 15) is 0 Å². The highest BCUT2D eigenvalue weighted by atomic mass is 16.3. The van der Waals surface area contributed by atoms with Gasteiger partial charge in [-0.3, -0.25) is 0 Å². The minimum atomic E-state index is -0.00472. The van der Waals surface area contributed by atoms with Crippen LogP contribution in [0.4, 0.5) is 0 Å². The summed E-state index contributed by atoms with van der Waals surface area (Å²) in [6.07, 6.45) is 2.75. The summed E-state index contributed by atoms with van der Waals surface area (Å²) in [7, 11) is 0. The smallest absolute Gasteiger partial charge is 0.121 e. The number of fused-ring (bicyclic) bond motifs is 1. The third kappa shape index (κ3) is 1.29. The van der Waals surface area contributed by atoms with Gasteiger partial charge in [0.05, 0.1) is 12.3 Å². The fraction of sp³-hybridized carbons (Fsp3) is 0.231. The zero-order valence-electron chi connectivity index (χ0n) is 8.39. The zero-order valence-corrected chi connectivity index (χ0v) is 8.39. The van der Waals surface area contributed by atoms with Crippen molar-refractivity contribution in [1.29, 1.82) is 0 Å². The lowest BCUT2D eigenvalue weighted by molar-refractivity contribution is 0.402. The Balaban J connectivity index is 1.88. The summed E-state index contributed by atoms with van der Waals surface area (Å²) in [6.45, 7) is 0. The highest BCUT2D eigenvalue weighted by Crippen LogP contribution is 2.42. The fourth-order valence-electron chi connectivity index (χ4n) is 2.30. The quantitative estimate of drug-likeness (QED) is 0.807. The molecule has 1 aromatic carbocycles. The van der Waals surface area contributed by atoms with Crippen molar-refractivity contribution in [3.05, 3.63) is 59.5 Å². The summed E-state index contributed by atoms with van der Waals surface area (Å²) in [5.41, 5.74) is 8.96. The molecule has 0 amide bonds. The van der Waals surface area contributed by atoms with Crippen LogP contribution in [-0.4, -0.2) is 0 Å². The second-order valence-corrected chi connectivity index (χ2v) is 4.05. The molecule has 1 heterocycles. The monoisotopic (exact) mass is 199 g/mol. The van der Waals surface area contributed by atoms with Crippen LogP contribution >= 0.6 is 0 Å². The van der Waals surface area contributed by atoms with Crippen LogP contribution in [-0.2, 0) is 6.42 Å². The molecule has 1 aliphatic carbocycles. The van der Waals surface area contributed by atoms with Gasteiger partial charge in [-0.25, -0.2) is 0 Å². The topological polar surface area (TPSA) is 39.2 Å². The van der Waals surface area contributed by atoms with Crippen molar-refractivity contribution in [3.8, 4) is 0 Å². The minimum absolute atomic E-state index is 0.00472. The maximum Gasteiger partial charge on any atom is 0.121 e. The number of nitrogens with two attached hydrogens (primary N) is 1. The molecule has 3 rings (SSSR count). The van der Waals surface area contributed by atoms with E-state index in [-0.39, 0.29) is 6.04 Å². The third-order valence-corrected chi connectivity index (χ3v) is 3.20. The van der Waals surface area contributed by atoms with Crippen molar-refractivity contribution < 1.29 is 4.42 Å². The molecule has 0 spiro atoms. The van der Waals surface area contributed by atoms with E-state index >= 15 is 0 Å². The molecule has 0 saturated heterocycles. The molecular formula is C13H13NO. The van der Waals surface area contributed by atoms with E-state index in [0.717, 1.165) is 12.2 Å². The number of rotatable bonds is 2. The van der Waals surface area contributed by atoms with E-state index < -0.39 is 0 Å². The molecule has 15 heavy (non-hydrogen) atoms. The molecule has 0 aliphatic heterocycles. The van der Waals surface area contributed by atoms with Gasteiger partial charge in [0, 0.05) is 5.92 Å². The Kier molecular flexibility index (Phi) is 1.89. The van der Waals surface area contributed by atoms with Crippen molar-refractivity contribution in [2.45, 2.75) is 18.4 Å². The van der Waals surface area contributed by atoms with E-state index in [4.69, 9.17) is 10.2 Å². The lowest BCUT2D eigenvalue weighted by Crippen LogP contribution is -2.28. The lowest BCUT2D eigenvalue weighted by atomic mass is 9.73. The van der Waals surface area contributed by atoms with Gasteiger partial charge in [0.25, 0.3) is 0 Å². The van der Waals surface area contributed by atoms with Gasteiger partial charge in [0.1, 0.15) is 5.76 Å². The molecule has 76 valence electrons. The second-order valence-electron chi connectivity index (χ2n) is 4.05. The van der Waals surface area contributed by atoms with E-state index in [1.165, 1.54) is 11.1 Å². The predicted octanol–water partition coefficient (Wildman–Crippen LogP) is 2.62. The van der Waals surface area contributed by atoms with Crippen molar-refractivity contribution in [1.82, 2.24) is 0 Å². The molecule has 2 unspecified atom stereocenters. The number of benzene rings is 1. The SMILES string of the molecule is NC(c1ccco1)C1Cc2ccccc21. The molecule has 0 bridgehead atoms. The summed E-state index contributed by atoms with van der Waals surface area (Å²) in [5, 5.41) is 0. The molecule has 0 fully saturated rings. The molecule has 1 aromatic heterocycles. The molecule has 2 N–H and O–H groups in total. The van der Waals surface area contributed by atoms with Crippen molar-refractivity contribution in [3.63, 3.8) is 0 Å². The maximum absolute atomic E-state index is 6.17. The Labute approximate surface area is 88.7 Å². The number of furan rings is 1. The van der Waals surface area contributed by atoms with Gasteiger partial charge < -0.3 is 10.2 Å². The van der Waals surface area contributed by atoms with Crippen LogP contribution in [0.15, 0.2) is 47.1 Å². The van der Waals surface area contributed by atoms with E-state index in [0.29, 0.717) is 5.92 Å². The Morgan fingerprint density at radius 2 is 2.07 bits per heavy atom. The molecule has 2 heteroatoms. The first-order valence-electron chi connectivity index (χ1n) is 5.23. The van der Waals surface area contributed by atoms with Crippen LogP contribution in [0, 0.1) is 0 Å². The molecule has 1 aliphatic rings. The van der Waals surface area contributed by atoms with Gasteiger partial charge in [0.15, 0.2) is 0 Å². The Hall–Kier alpha value is -1.54. The van der Waals surface area contributed by atoms with Crippen LogP contribution in [0.25, 0.3) is 0 Å². The minimum Gasteiger partial charge on any atom is -0.468 e. The summed E-state index contributed by atoms with van der Waals surface area (Å²) in [4.78, 5) is 0. The van der Waals surface area contributed by atoms with Crippen molar-refractivity contribution >= 4 is 0 Å². The number of hydrogen-bond acceptors (Lipinski definition) is 2. The summed E-state index contributed by atoms with van der Waals surface area (Å²) >= 11 is 0. The van der Waals surface area contributed by atoms with E-state index in [2.05, 4.69) is 24.3 Å². The largest absolute Gasteiger partial charge is 0.468 e. The van der Waals surface area contributed by atoms with Crippen LogP contribution in [0.3, 0.4) is 0 Å². The first kappa shape index (κ1) is 8.74. The van der Waals surface area contributed by atoms with Gasteiger partial charge in [-0.15, -0.1) is 0 Å². The molecule has 0 radical (unpaired) electrons. The van der Waals surface area contributed by atoms with Crippen LogP contribution in [0.2, 0.25) is 0 Å². The zero-order chi connectivity index (χ0) is 10.3. The predicted molar refractivity (Wildman–Crippen MR) is 58.5 cm³/mol. The van der Waals surface area contributed by atoms with Gasteiger partial charge in [-0.05, 0) is 29.7 Å². The highest BCUT2D eigenvalue weighted by molar-refractivity contribution is 5.42. The van der Waals surface area contributed by atoms with Gasteiger partial charge in [-0.2, -0.15) is 0 Å². The highest BCUT2D eigenvalue weighted by Gasteiger charge is 2.32. The molecule has 2 nitrogen and oxygen atoms in total. The van der Waals surface area contributed by atoms with Crippen LogP contribution in [0.5, 0.6) is 0 Å². The molecule has 2 aromatic rings.